The molecule has 3 aromatic rings. The summed E-state index contributed by atoms with van der Waals surface area (Å²) in [5.41, 5.74) is 9.05. The molecule has 2 heterocycles. The van der Waals surface area contributed by atoms with Crippen molar-refractivity contribution in [2.75, 3.05) is 44.8 Å². The quantitative estimate of drug-likeness (QED) is 0.176. The van der Waals surface area contributed by atoms with E-state index in [1.807, 2.05) is 35.2 Å². The van der Waals surface area contributed by atoms with Crippen LogP contribution in [0.5, 0.6) is 0 Å². The molecule has 1 saturated heterocycles. The van der Waals surface area contributed by atoms with Gasteiger partial charge in [-0.05, 0) is 42.8 Å². The highest BCUT2D eigenvalue weighted by Crippen LogP contribution is 2.29. The Hall–Kier alpha value is -4.51. The minimum Gasteiger partial charge on any atom is -0.375 e. The summed E-state index contributed by atoms with van der Waals surface area (Å²) in [5, 5.41) is 8.52. The largest absolute Gasteiger partial charge is 0.375 e. The highest BCUT2D eigenvalue weighted by Gasteiger charge is 2.43. The van der Waals surface area contributed by atoms with Crippen LogP contribution in [0.25, 0.3) is 10.2 Å². The van der Waals surface area contributed by atoms with Gasteiger partial charge in [0.05, 0.1) is 42.1 Å². The number of urea groups is 1. The molecular weight excluding hydrogens is 544 g/mol. The average Bonchev–Trinajstić information content (AvgIpc) is 3.36. The predicted molar refractivity (Wildman–Crippen MR) is 157 cm³/mol. The van der Waals surface area contributed by atoms with Gasteiger partial charge in [0.15, 0.2) is 5.13 Å². The van der Waals surface area contributed by atoms with Gasteiger partial charge < -0.3 is 26.1 Å². The Labute approximate surface area is 242 Å². The predicted octanol–water partition coefficient (Wildman–Crippen LogP) is 1.35. The van der Waals surface area contributed by atoms with Crippen molar-refractivity contribution < 1.29 is 19.2 Å². The highest BCUT2D eigenvalue weighted by molar-refractivity contribution is 7.22. The van der Waals surface area contributed by atoms with Gasteiger partial charge in [0, 0.05) is 19.3 Å². The van der Waals surface area contributed by atoms with Crippen molar-refractivity contribution in [3.05, 3.63) is 53.6 Å². The minimum atomic E-state index is -0.634. The van der Waals surface area contributed by atoms with Gasteiger partial charge in [0.1, 0.15) is 6.29 Å². The first kappa shape index (κ1) is 29.5. The molecule has 2 atom stereocenters. The number of nitrogens with two attached hydrogens (primary N) is 1. The van der Waals surface area contributed by atoms with Crippen LogP contribution in [-0.2, 0) is 27.3 Å². The molecule has 0 bridgehead atoms. The molecule has 1 aliphatic heterocycles. The van der Waals surface area contributed by atoms with E-state index in [0.29, 0.717) is 29.9 Å². The van der Waals surface area contributed by atoms with E-state index >= 15 is 0 Å². The lowest BCUT2D eigenvalue weighted by Gasteiger charge is -2.50. The molecule has 2 aromatic carbocycles. The van der Waals surface area contributed by atoms with Crippen LogP contribution >= 0.6 is 11.3 Å². The number of benzene rings is 2. The molecule has 13 heteroatoms. The maximum atomic E-state index is 14.0. The fourth-order valence-electron chi connectivity index (χ4n) is 5.02. The molecule has 4 N–H and O–H groups in total. The Morgan fingerprint density at radius 2 is 2.02 bits per heavy atom. The van der Waals surface area contributed by atoms with Crippen molar-refractivity contribution in [2.45, 2.75) is 25.2 Å². The number of likely N-dealkylation sites (N-methyl/N-ethyl adjacent to an activating group) is 1. The number of anilines is 2. The fraction of sp³-hybridized carbons (Fsp3) is 0.321. The minimum absolute atomic E-state index is 0.0704. The molecule has 12 nitrogen and oxygen atoms in total. The monoisotopic (exact) mass is 576 g/mol. The summed E-state index contributed by atoms with van der Waals surface area (Å²) >= 11 is 1.37. The summed E-state index contributed by atoms with van der Waals surface area (Å²) in [6.45, 7) is 0.255. The standard InChI is InChI=1S/C28H32N8O4S/c1-4-12-36(28(40)30-2)35(13-14-37)24-17-34(16-20-6-5-7-23-25(20)32-27(29)41-23)26(39)22(33(24)3)15-19-8-10-21(11-9-19)31-18-38/h1,5-11,14,18,22,24H,12-13,15-17H2,2-3H3,(H2,29,32)(H,30,40)(H,31,38)/t22-,24-/m0/s1. The van der Waals surface area contributed by atoms with Crippen LogP contribution in [-0.4, -0.2) is 95.4 Å². The van der Waals surface area contributed by atoms with E-state index in [1.54, 1.807) is 29.1 Å². The van der Waals surface area contributed by atoms with Crippen LogP contribution in [0.2, 0.25) is 0 Å². The maximum Gasteiger partial charge on any atom is 0.332 e. The lowest BCUT2D eigenvalue weighted by atomic mass is 9.99. The van der Waals surface area contributed by atoms with Crippen LogP contribution in [0.3, 0.4) is 0 Å². The summed E-state index contributed by atoms with van der Waals surface area (Å²) in [6, 6.07) is 11.9. The van der Waals surface area contributed by atoms with E-state index < -0.39 is 18.2 Å². The van der Waals surface area contributed by atoms with E-state index in [2.05, 4.69) is 21.5 Å². The molecule has 0 unspecified atom stereocenters. The lowest BCUT2D eigenvalue weighted by molar-refractivity contribution is -0.161. The number of amides is 4. The van der Waals surface area contributed by atoms with E-state index in [-0.39, 0.29) is 32.1 Å². The van der Waals surface area contributed by atoms with Crippen molar-refractivity contribution >= 4 is 57.0 Å². The topological polar surface area (TPSA) is 144 Å². The third-order valence-corrected chi connectivity index (χ3v) is 7.89. The summed E-state index contributed by atoms with van der Waals surface area (Å²) in [6.07, 6.45) is 6.67. The number of hydrazine groups is 1. The van der Waals surface area contributed by atoms with Gasteiger partial charge in [-0.25, -0.2) is 14.8 Å². The molecule has 4 rings (SSSR count). The number of nitrogens with zero attached hydrogens (tertiary/aromatic N) is 5. The molecular formula is C28H32N8O4S. The Bertz CT molecular complexity index is 1450. The zero-order valence-corrected chi connectivity index (χ0v) is 23.6. The number of para-hydroxylation sites is 1. The Balaban J connectivity index is 1.73. The number of carbonyl (C=O) groups is 4. The van der Waals surface area contributed by atoms with E-state index in [1.165, 1.54) is 23.4 Å². The van der Waals surface area contributed by atoms with Crippen LogP contribution in [0.4, 0.5) is 15.6 Å². The number of aldehydes is 1. The number of hydrogen-bond acceptors (Lipinski definition) is 9. The van der Waals surface area contributed by atoms with Crippen molar-refractivity contribution in [1.82, 2.24) is 30.1 Å². The molecule has 4 amide bonds. The average molecular weight is 577 g/mol. The fourth-order valence-corrected chi connectivity index (χ4v) is 5.81. The van der Waals surface area contributed by atoms with Gasteiger partial charge in [0.25, 0.3) is 0 Å². The summed E-state index contributed by atoms with van der Waals surface area (Å²) < 4.78 is 0.918. The molecule has 1 fully saturated rings. The number of fused-ring (bicyclic) bond motifs is 1. The second-order valence-electron chi connectivity index (χ2n) is 9.47. The van der Waals surface area contributed by atoms with Gasteiger partial charge >= 0.3 is 6.03 Å². The number of nitrogens with one attached hydrogen (secondary N) is 2. The third kappa shape index (κ3) is 6.46. The Kier molecular flexibility index (Phi) is 9.51. The highest BCUT2D eigenvalue weighted by atomic mass is 32.1. The molecule has 1 aromatic heterocycles. The first-order chi connectivity index (χ1) is 19.8. The van der Waals surface area contributed by atoms with Crippen LogP contribution in [0.15, 0.2) is 42.5 Å². The van der Waals surface area contributed by atoms with Crippen LogP contribution < -0.4 is 16.4 Å². The zero-order valence-electron chi connectivity index (χ0n) is 22.8. The van der Waals surface area contributed by atoms with Gasteiger partial charge in [-0.3, -0.25) is 14.5 Å². The maximum absolute atomic E-state index is 14.0. The number of terminal acetylenes is 1. The van der Waals surface area contributed by atoms with Crippen molar-refractivity contribution in [3.8, 4) is 12.3 Å². The number of nitrogen functional groups attached to an aromatic ring is 1. The number of carbonyl (C=O) groups excluding carboxylic acids is 4. The van der Waals surface area contributed by atoms with Crippen molar-refractivity contribution in [3.63, 3.8) is 0 Å². The summed E-state index contributed by atoms with van der Waals surface area (Å²) in [5.74, 6) is 2.37. The smallest absolute Gasteiger partial charge is 0.332 e. The van der Waals surface area contributed by atoms with Gasteiger partial charge in [0.2, 0.25) is 12.3 Å². The van der Waals surface area contributed by atoms with Gasteiger partial charge in [-0.2, -0.15) is 5.01 Å². The van der Waals surface area contributed by atoms with Crippen molar-refractivity contribution in [1.29, 1.82) is 0 Å². The number of thiazole rings is 1. The molecule has 0 radical (unpaired) electrons. The molecule has 214 valence electrons. The first-order valence-electron chi connectivity index (χ1n) is 12.9. The number of piperazine rings is 1. The number of aromatic nitrogens is 1. The first-order valence-corrected chi connectivity index (χ1v) is 13.7. The molecule has 0 spiro atoms. The SMILES string of the molecule is C#CCN(C(=O)NC)N(CC=O)[C@H]1CN(Cc2cccc3sc(N)nc23)C(=O)[C@H](Cc2ccc(NC=O)cc2)N1C. The van der Waals surface area contributed by atoms with E-state index in [4.69, 9.17) is 12.2 Å². The second-order valence-corrected chi connectivity index (χ2v) is 10.5. The molecule has 0 saturated carbocycles. The van der Waals surface area contributed by atoms with E-state index in [9.17, 15) is 19.2 Å². The Morgan fingerprint density at radius 3 is 2.68 bits per heavy atom. The van der Waals surface area contributed by atoms with Gasteiger partial charge in [-0.1, -0.05) is 41.5 Å². The van der Waals surface area contributed by atoms with Crippen LogP contribution in [0, 0.1) is 12.3 Å². The molecule has 1 aliphatic rings. The van der Waals surface area contributed by atoms with Gasteiger partial charge in [-0.15, -0.1) is 6.42 Å². The normalized spacial score (nSPS) is 17.3. The third-order valence-electron chi connectivity index (χ3n) is 7.04. The molecule has 0 aliphatic carbocycles. The summed E-state index contributed by atoms with van der Waals surface area (Å²) in [4.78, 5) is 57.6. The van der Waals surface area contributed by atoms with Crippen molar-refractivity contribution in [2.24, 2.45) is 0 Å². The zero-order chi connectivity index (χ0) is 29.5. The number of rotatable bonds is 11. The van der Waals surface area contributed by atoms with E-state index in [0.717, 1.165) is 21.3 Å². The summed E-state index contributed by atoms with van der Waals surface area (Å²) in [7, 11) is 3.28. The Morgan fingerprint density at radius 1 is 1.27 bits per heavy atom. The van der Waals surface area contributed by atoms with Crippen LogP contribution in [0.1, 0.15) is 11.1 Å². The molecule has 41 heavy (non-hydrogen) atoms. The lowest BCUT2D eigenvalue weighted by Crippen LogP contribution is -2.69. The second kappa shape index (κ2) is 13.2. The number of hydrogen-bond donors (Lipinski definition) is 3.